The van der Waals surface area contributed by atoms with E-state index in [1.165, 1.54) is 5.56 Å². The third-order valence-corrected chi connectivity index (χ3v) is 2.71. The van der Waals surface area contributed by atoms with Crippen LogP contribution in [0.5, 0.6) is 0 Å². The lowest BCUT2D eigenvalue weighted by atomic mass is 10.0. The Bertz CT molecular complexity index is 458. The van der Waals surface area contributed by atoms with Gasteiger partial charge in [0.25, 0.3) is 0 Å². The van der Waals surface area contributed by atoms with Gasteiger partial charge in [-0.3, -0.25) is 0 Å². The SMILES string of the molecule is CC(Cc1ccc(N)cc1)c1nncn1C. The topological polar surface area (TPSA) is 56.7 Å². The third-order valence-electron chi connectivity index (χ3n) is 2.71. The number of rotatable bonds is 3. The highest BCUT2D eigenvalue weighted by Crippen LogP contribution is 2.18. The number of aryl methyl sites for hydroxylation is 1. The fourth-order valence-corrected chi connectivity index (χ4v) is 1.84. The molecule has 0 aliphatic heterocycles. The quantitative estimate of drug-likeness (QED) is 0.795. The van der Waals surface area contributed by atoms with Crippen LogP contribution in [0, 0.1) is 0 Å². The first-order valence-electron chi connectivity index (χ1n) is 5.35. The van der Waals surface area contributed by atoms with E-state index in [4.69, 9.17) is 5.73 Å². The molecular formula is C12H16N4. The van der Waals surface area contributed by atoms with Crippen molar-refractivity contribution in [1.82, 2.24) is 14.8 Å². The maximum Gasteiger partial charge on any atom is 0.135 e. The zero-order valence-corrected chi connectivity index (χ0v) is 9.59. The molecule has 2 rings (SSSR count). The summed E-state index contributed by atoms with van der Waals surface area (Å²) in [6.45, 7) is 2.15. The van der Waals surface area contributed by atoms with Crippen molar-refractivity contribution in [3.05, 3.63) is 42.0 Å². The zero-order valence-electron chi connectivity index (χ0n) is 9.59. The number of nitrogen functional groups attached to an aromatic ring is 1. The van der Waals surface area contributed by atoms with Crippen LogP contribution in [-0.4, -0.2) is 14.8 Å². The highest BCUT2D eigenvalue weighted by atomic mass is 15.2. The first-order valence-corrected chi connectivity index (χ1v) is 5.35. The Morgan fingerprint density at radius 3 is 2.56 bits per heavy atom. The van der Waals surface area contributed by atoms with Gasteiger partial charge in [-0.1, -0.05) is 19.1 Å². The van der Waals surface area contributed by atoms with Crippen molar-refractivity contribution in [3.8, 4) is 0 Å². The molecule has 2 N–H and O–H groups in total. The maximum absolute atomic E-state index is 5.65. The van der Waals surface area contributed by atoms with Crippen molar-refractivity contribution < 1.29 is 0 Å². The van der Waals surface area contributed by atoms with Gasteiger partial charge in [0, 0.05) is 18.7 Å². The molecule has 1 aromatic carbocycles. The van der Waals surface area contributed by atoms with Crippen LogP contribution in [0.4, 0.5) is 5.69 Å². The van der Waals surface area contributed by atoms with Gasteiger partial charge in [0.15, 0.2) is 0 Å². The van der Waals surface area contributed by atoms with Crippen LogP contribution in [0.25, 0.3) is 0 Å². The van der Waals surface area contributed by atoms with Gasteiger partial charge in [0.2, 0.25) is 0 Å². The molecule has 0 radical (unpaired) electrons. The molecule has 0 saturated carbocycles. The first-order chi connectivity index (χ1) is 7.66. The summed E-state index contributed by atoms with van der Waals surface area (Å²) in [6, 6.07) is 7.97. The van der Waals surface area contributed by atoms with Gasteiger partial charge in [0.1, 0.15) is 12.2 Å². The van der Waals surface area contributed by atoms with Gasteiger partial charge in [-0.2, -0.15) is 0 Å². The minimum Gasteiger partial charge on any atom is -0.399 e. The van der Waals surface area contributed by atoms with Crippen molar-refractivity contribution in [2.24, 2.45) is 7.05 Å². The van der Waals surface area contributed by atoms with E-state index in [0.29, 0.717) is 5.92 Å². The smallest absolute Gasteiger partial charge is 0.135 e. The van der Waals surface area contributed by atoms with Gasteiger partial charge in [0.05, 0.1) is 0 Å². The number of aromatic nitrogens is 3. The molecule has 1 heterocycles. The third kappa shape index (κ3) is 2.21. The van der Waals surface area contributed by atoms with Crippen molar-refractivity contribution in [2.45, 2.75) is 19.3 Å². The Labute approximate surface area is 95.1 Å². The Hall–Kier alpha value is -1.84. The van der Waals surface area contributed by atoms with Crippen molar-refractivity contribution in [2.75, 3.05) is 5.73 Å². The molecule has 0 saturated heterocycles. The summed E-state index contributed by atoms with van der Waals surface area (Å²) >= 11 is 0. The van der Waals surface area contributed by atoms with Gasteiger partial charge in [-0.25, -0.2) is 0 Å². The Balaban J connectivity index is 2.10. The van der Waals surface area contributed by atoms with E-state index >= 15 is 0 Å². The molecule has 0 bridgehead atoms. The molecule has 0 aliphatic carbocycles. The van der Waals surface area contributed by atoms with E-state index in [2.05, 4.69) is 29.3 Å². The molecule has 1 unspecified atom stereocenters. The van der Waals surface area contributed by atoms with Crippen molar-refractivity contribution in [1.29, 1.82) is 0 Å². The number of anilines is 1. The second-order valence-electron chi connectivity index (χ2n) is 4.15. The van der Waals surface area contributed by atoms with E-state index in [9.17, 15) is 0 Å². The summed E-state index contributed by atoms with van der Waals surface area (Å²) in [5, 5.41) is 8.01. The standard InChI is InChI=1S/C12H16N4/c1-9(12-15-14-8-16(12)2)7-10-3-5-11(13)6-4-10/h3-6,8-9H,7,13H2,1-2H3. The van der Waals surface area contributed by atoms with Gasteiger partial charge >= 0.3 is 0 Å². The zero-order chi connectivity index (χ0) is 11.5. The Kier molecular flexibility index (Phi) is 2.90. The van der Waals surface area contributed by atoms with E-state index < -0.39 is 0 Å². The lowest BCUT2D eigenvalue weighted by Gasteiger charge is -2.10. The molecule has 4 nitrogen and oxygen atoms in total. The Morgan fingerprint density at radius 1 is 1.31 bits per heavy atom. The molecule has 1 atom stereocenters. The molecule has 4 heteroatoms. The van der Waals surface area contributed by atoms with Crippen LogP contribution in [0.2, 0.25) is 0 Å². The molecule has 0 spiro atoms. The molecule has 0 fully saturated rings. The van der Waals surface area contributed by atoms with Crippen LogP contribution >= 0.6 is 0 Å². The summed E-state index contributed by atoms with van der Waals surface area (Å²) in [4.78, 5) is 0. The average molecular weight is 216 g/mol. The second-order valence-corrected chi connectivity index (χ2v) is 4.15. The summed E-state index contributed by atoms with van der Waals surface area (Å²) in [5.41, 5.74) is 7.72. The molecule has 0 amide bonds. The minimum absolute atomic E-state index is 0.358. The van der Waals surface area contributed by atoms with Crippen molar-refractivity contribution in [3.63, 3.8) is 0 Å². The van der Waals surface area contributed by atoms with E-state index in [1.54, 1.807) is 6.33 Å². The summed E-state index contributed by atoms with van der Waals surface area (Å²) < 4.78 is 1.96. The van der Waals surface area contributed by atoms with Crippen LogP contribution in [0.3, 0.4) is 0 Å². The largest absolute Gasteiger partial charge is 0.399 e. The van der Waals surface area contributed by atoms with E-state index in [1.807, 2.05) is 23.7 Å². The molecule has 84 valence electrons. The normalized spacial score (nSPS) is 12.6. The predicted octanol–water partition coefficient (Wildman–Crippen LogP) is 1.74. The van der Waals surface area contributed by atoms with Gasteiger partial charge in [-0.05, 0) is 24.1 Å². The lowest BCUT2D eigenvalue weighted by Crippen LogP contribution is -2.05. The second kappa shape index (κ2) is 4.35. The lowest BCUT2D eigenvalue weighted by molar-refractivity contribution is 0.655. The number of hydrogen-bond acceptors (Lipinski definition) is 3. The minimum atomic E-state index is 0.358. The number of hydrogen-bond donors (Lipinski definition) is 1. The first kappa shape index (κ1) is 10.7. The number of nitrogens with two attached hydrogens (primary N) is 1. The summed E-state index contributed by atoms with van der Waals surface area (Å²) in [7, 11) is 1.97. The molecule has 1 aromatic heterocycles. The predicted molar refractivity (Wildman–Crippen MR) is 64.0 cm³/mol. The van der Waals surface area contributed by atoms with Gasteiger partial charge in [-0.15, -0.1) is 10.2 Å². The van der Waals surface area contributed by atoms with Crippen LogP contribution in [0.1, 0.15) is 24.2 Å². The Morgan fingerprint density at radius 2 is 2.00 bits per heavy atom. The van der Waals surface area contributed by atoms with Crippen LogP contribution in [-0.2, 0) is 13.5 Å². The highest BCUT2D eigenvalue weighted by molar-refractivity contribution is 5.39. The van der Waals surface area contributed by atoms with E-state index in [-0.39, 0.29) is 0 Å². The number of nitrogens with zero attached hydrogens (tertiary/aromatic N) is 3. The monoisotopic (exact) mass is 216 g/mol. The molecule has 0 aliphatic rings. The molecule has 16 heavy (non-hydrogen) atoms. The maximum atomic E-state index is 5.65. The van der Waals surface area contributed by atoms with E-state index in [0.717, 1.165) is 17.9 Å². The average Bonchev–Trinajstić information content (AvgIpc) is 2.68. The molecular weight excluding hydrogens is 200 g/mol. The summed E-state index contributed by atoms with van der Waals surface area (Å²) in [6.07, 6.45) is 2.68. The number of benzene rings is 1. The fourth-order valence-electron chi connectivity index (χ4n) is 1.84. The van der Waals surface area contributed by atoms with Crippen LogP contribution in [0.15, 0.2) is 30.6 Å². The fraction of sp³-hybridized carbons (Fsp3) is 0.333. The van der Waals surface area contributed by atoms with Crippen molar-refractivity contribution >= 4 is 5.69 Å². The summed E-state index contributed by atoms with van der Waals surface area (Å²) in [5.74, 6) is 1.37. The van der Waals surface area contributed by atoms with Crippen LogP contribution < -0.4 is 5.73 Å². The molecule has 2 aromatic rings. The van der Waals surface area contributed by atoms with Gasteiger partial charge < -0.3 is 10.3 Å². The highest BCUT2D eigenvalue weighted by Gasteiger charge is 2.11.